The summed E-state index contributed by atoms with van der Waals surface area (Å²) in [5.74, 6) is -0.802. The number of rotatable bonds is 2. The summed E-state index contributed by atoms with van der Waals surface area (Å²) in [6, 6.07) is 4.80. The first-order valence-electron chi connectivity index (χ1n) is 6.28. The Labute approximate surface area is 115 Å². The van der Waals surface area contributed by atoms with Crippen LogP contribution in [0.4, 0.5) is 13.2 Å². The van der Waals surface area contributed by atoms with E-state index in [0.717, 1.165) is 12.1 Å². The Morgan fingerprint density at radius 3 is 2.20 bits per heavy atom. The number of carbonyl (C=O) groups is 1. The van der Waals surface area contributed by atoms with Gasteiger partial charge in [0.05, 0.1) is 11.5 Å². The molecule has 0 radical (unpaired) electrons. The van der Waals surface area contributed by atoms with Crippen molar-refractivity contribution in [3.63, 3.8) is 0 Å². The predicted octanol–water partition coefficient (Wildman–Crippen LogP) is 3.93. The Morgan fingerprint density at radius 1 is 1.20 bits per heavy atom. The van der Waals surface area contributed by atoms with Crippen molar-refractivity contribution < 1.29 is 22.7 Å². The Bertz CT molecular complexity index is 529. The van der Waals surface area contributed by atoms with Crippen LogP contribution in [0.25, 0.3) is 0 Å². The maximum absolute atomic E-state index is 12.5. The van der Waals surface area contributed by atoms with Gasteiger partial charge >= 0.3 is 12.1 Å². The largest absolute Gasteiger partial charge is 0.458 e. The summed E-state index contributed by atoms with van der Waals surface area (Å²) in [5.41, 5.74) is 0.203. The van der Waals surface area contributed by atoms with Crippen molar-refractivity contribution >= 4 is 5.97 Å². The molecular weight excluding hydrogens is 269 g/mol. The molecule has 1 aromatic carbocycles. The third-order valence-electron chi connectivity index (χ3n) is 3.46. The van der Waals surface area contributed by atoms with E-state index >= 15 is 0 Å². The van der Waals surface area contributed by atoms with Gasteiger partial charge in [-0.15, -0.1) is 0 Å². The van der Waals surface area contributed by atoms with Crippen LogP contribution in [-0.2, 0) is 15.7 Å². The van der Waals surface area contributed by atoms with Gasteiger partial charge in [0.15, 0.2) is 0 Å². The first kappa shape index (κ1) is 14.6. The minimum Gasteiger partial charge on any atom is -0.458 e. The van der Waals surface area contributed by atoms with Gasteiger partial charge in [-0.3, -0.25) is 0 Å². The lowest BCUT2D eigenvalue weighted by molar-refractivity contribution is -0.140. The molecule has 0 spiro atoms. The molecule has 0 unspecified atom stereocenters. The van der Waals surface area contributed by atoms with Crippen LogP contribution in [0.2, 0.25) is 0 Å². The third kappa shape index (κ3) is 2.57. The highest BCUT2D eigenvalue weighted by atomic mass is 19.4. The molecule has 0 saturated carbocycles. The van der Waals surface area contributed by atoms with Crippen LogP contribution in [-0.4, -0.2) is 12.1 Å². The van der Waals surface area contributed by atoms with Gasteiger partial charge in [-0.05, 0) is 23.6 Å². The molecule has 2 atom stereocenters. The number of cyclic esters (lactones) is 1. The van der Waals surface area contributed by atoms with Crippen molar-refractivity contribution in [1.82, 2.24) is 0 Å². The fourth-order valence-corrected chi connectivity index (χ4v) is 2.38. The second kappa shape index (κ2) is 4.96. The molecule has 1 fully saturated rings. The molecule has 0 aliphatic carbocycles. The van der Waals surface area contributed by atoms with Gasteiger partial charge < -0.3 is 4.74 Å². The van der Waals surface area contributed by atoms with E-state index in [1.165, 1.54) is 12.1 Å². The second-order valence-corrected chi connectivity index (χ2v) is 5.24. The summed E-state index contributed by atoms with van der Waals surface area (Å²) in [4.78, 5) is 11.6. The molecule has 1 aliphatic rings. The van der Waals surface area contributed by atoms with Crippen molar-refractivity contribution in [2.45, 2.75) is 32.0 Å². The Morgan fingerprint density at radius 2 is 1.75 bits per heavy atom. The first-order valence-corrected chi connectivity index (χ1v) is 6.28. The molecule has 5 heteroatoms. The zero-order valence-corrected chi connectivity index (χ0v) is 11.2. The summed E-state index contributed by atoms with van der Waals surface area (Å²) >= 11 is 0. The number of benzene rings is 1. The summed E-state index contributed by atoms with van der Waals surface area (Å²) in [6.07, 6.45) is -4.75. The van der Waals surface area contributed by atoms with Crippen LogP contribution in [0.5, 0.6) is 0 Å². The van der Waals surface area contributed by atoms with E-state index in [-0.39, 0.29) is 17.9 Å². The molecular formula is C15H15F3O2. The van der Waals surface area contributed by atoms with Gasteiger partial charge in [-0.2, -0.15) is 13.2 Å². The lowest BCUT2D eigenvalue weighted by Crippen LogP contribution is -2.21. The monoisotopic (exact) mass is 284 g/mol. The second-order valence-electron chi connectivity index (χ2n) is 5.24. The number of hydrogen-bond donors (Lipinski definition) is 0. The summed E-state index contributed by atoms with van der Waals surface area (Å²) in [7, 11) is 0. The summed E-state index contributed by atoms with van der Waals surface area (Å²) < 4.78 is 42.9. The summed E-state index contributed by atoms with van der Waals surface area (Å²) in [6.45, 7) is 7.49. The molecule has 1 heterocycles. The van der Waals surface area contributed by atoms with Crippen molar-refractivity contribution in [1.29, 1.82) is 0 Å². The fourth-order valence-electron chi connectivity index (χ4n) is 2.38. The molecule has 0 aromatic heterocycles. The van der Waals surface area contributed by atoms with Crippen LogP contribution in [0, 0.1) is 5.92 Å². The Balaban J connectivity index is 2.34. The van der Waals surface area contributed by atoms with Gasteiger partial charge in [-0.1, -0.05) is 32.6 Å². The van der Waals surface area contributed by atoms with Gasteiger partial charge in [0.2, 0.25) is 0 Å². The van der Waals surface area contributed by atoms with Crippen LogP contribution >= 0.6 is 0 Å². The average molecular weight is 284 g/mol. The number of halogens is 3. The zero-order chi connectivity index (χ0) is 15.1. The molecule has 0 N–H and O–H groups in total. The number of ether oxygens (including phenoxy) is 1. The van der Waals surface area contributed by atoms with Crippen molar-refractivity contribution in [3.8, 4) is 0 Å². The highest BCUT2D eigenvalue weighted by molar-refractivity contribution is 5.92. The van der Waals surface area contributed by atoms with E-state index in [1.54, 1.807) is 0 Å². The molecule has 1 aliphatic heterocycles. The predicted molar refractivity (Wildman–Crippen MR) is 68.0 cm³/mol. The average Bonchev–Trinajstić information content (AvgIpc) is 2.65. The number of carbonyl (C=O) groups excluding carboxylic acids is 1. The lowest BCUT2D eigenvalue weighted by atomic mass is 9.84. The molecule has 1 saturated heterocycles. The quantitative estimate of drug-likeness (QED) is 0.607. The zero-order valence-electron chi connectivity index (χ0n) is 11.2. The van der Waals surface area contributed by atoms with E-state index in [9.17, 15) is 18.0 Å². The maximum Gasteiger partial charge on any atom is 0.416 e. The van der Waals surface area contributed by atoms with Crippen molar-refractivity contribution in [3.05, 3.63) is 47.5 Å². The first-order chi connectivity index (χ1) is 9.21. The minimum atomic E-state index is -4.37. The van der Waals surface area contributed by atoms with Gasteiger partial charge in [0.1, 0.15) is 6.10 Å². The molecule has 0 amide bonds. The minimum absolute atomic E-state index is 0.0606. The smallest absolute Gasteiger partial charge is 0.416 e. The van der Waals surface area contributed by atoms with Gasteiger partial charge in [-0.25, -0.2) is 4.79 Å². The van der Waals surface area contributed by atoms with Crippen LogP contribution in [0.1, 0.15) is 30.9 Å². The van der Waals surface area contributed by atoms with Crippen LogP contribution in [0.3, 0.4) is 0 Å². The van der Waals surface area contributed by atoms with Crippen LogP contribution < -0.4 is 0 Å². The van der Waals surface area contributed by atoms with Gasteiger partial charge in [0.25, 0.3) is 0 Å². The van der Waals surface area contributed by atoms with Crippen molar-refractivity contribution in [2.24, 2.45) is 5.92 Å². The van der Waals surface area contributed by atoms with E-state index in [4.69, 9.17) is 4.74 Å². The molecule has 2 rings (SSSR count). The van der Waals surface area contributed by atoms with Crippen LogP contribution in [0.15, 0.2) is 36.4 Å². The molecule has 1 aromatic rings. The SMILES string of the molecule is C=C1C(=O)O[C@@H](C(C)C)[C@H]1c1ccc(C(F)(F)F)cc1. The highest BCUT2D eigenvalue weighted by Gasteiger charge is 2.41. The van der Waals surface area contributed by atoms with Gasteiger partial charge in [0, 0.05) is 5.57 Å². The van der Waals surface area contributed by atoms with E-state index in [0.29, 0.717) is 11.1 Å². The normalized spacial score (nSPS) is 23.3. The molecule has 108 valence electrons. The Kier molecular flexibility index (Phi) is 3.63. The number of esters is 1. The molecule has 2 nitrogen and oxygen atoms in total. The third-order valence-corrected chi connectivity index (χ3v) is 3.46. The molecule has 0 bridgehead atoms. The van der Waals surface area contributed by atoms with E-state index in [2.05, 4.69) is 6.58 Å². The topological polar surface area (TPSA) is 26.3 Å². The van der Waals surface area contributed by atoms with Crippen molar-refractivity contribution in [2.75, 3.05) is 0 Å². The van der Waals surface area contributed by atoms with E-state index < -0.39 is 17.7 Å². The standard InChI is InChI=1S/C15H15F3O2/c1-8(2)13-12(9(3)14(19)20-13)10-4-6-11(7-5-10)15(16,17)18/h4-8,12-13H,3H2,1-2H3/t12-,13+/m1/s1. The number of alkyl halides is 3. The summed E-state index contributed by atoms with van der Waals surface area (Å²) in [5, 5.41) is 0. The van der Waals surface area contributed by atoms with E-state index in [1.807, 2.05) is 13.8 Å². The fraction of sp³-hybridized carbons (Fsp3) is 0.400. The highest BCUT2D eigenvalue weighted by Crippen LogP contribution is 2.40. The molecule has 20 heavy (non-hydrogen) atoms. The Hall–Kier alpha value is -1.78. The maximum atomic E-state index is 12.5. The number of hydrogen-bond acceptors (Lipinski definition) is 2. The lowest BCUT2D eigenvalue weighted by Gasteiger charge is -2.21.